The van der Waals surface area contributed by atoms with Crippen LogP contribution in [0.1, 0.15) is 17.7 Å². The summed E-state index contributed by atoms with van der Waals surface area (Å²) in [5.74, 6) is 0. The highest BCUT2D eigenvalue weighted by Gasteiger charge is 2.15. The number of rotatable bonds is 1. The van der Waals surface area contributed by atoms with E-state index in [1.807, 2.05) is 0 Å². The average molecular weight is 183 g/mol. The summed E-state index contributed by atoms with van der Waals surface area (Å²) in [6.07, 6.45) is 0.358. The third-order valence-corrected chi connectivity index (χ3v) is 1.85. The van der Waals surface area contributed by atoms with Gasteiger partial charge >= 0.3 is 0 Å². The normalized spacial score (nSPS) is 11.4. The highest BCUT2D eigenvalue weighted by molar-refractivity contribution is 5.39. The molecule has 5 heteroatoms. The summed E-state index contributed by atoms with van der Waals surface area (Å²) < 4.78 is 26.3. The summed E-state index contributed by atoms with van der Waals surface area (Å²) in [6.45, 7) is 1.59. The predicted molar refractivity (Wildman–Crippen MR) is 42.7 cm³/mol. The zero-order chi connectivity index (χ0) is 9.42. The lowest BCUT2D eigenvalue weighted by Crippen LogP contribution is -2.03. The van der Waals surface area contributed by atoms with E-state index >= 15 is 0 Å². The zero-order valence-corrected chi connectivity index (χ0v) is 6.91. The van der Waals surface area contributed by atoms with Crippen molar-refractivity contribution >= 4 is 5.65 Å². The molecule has 0 spiro atoms. The van der Waals surface area contributed by atoms with Crippen LogP contribution in [0.5, 0.6) is 0 Å². The van der Waals surface area contributed by atoms with Gasteiger partial charge in [-0.25, -0.2) is 18.3 Å². The lowest BCUT2D eigenvalue weighted by molar-refractivity contribution is 0.142. The molecule has 3 nitrogen and oxygen atoms in total. The highest BCUT2D eigenvalue weighted by atomic mass is 19.3. The van der Waals surface area contributed by atoms with E-state index in [4.69, 9.17) is 0 Å². The maximum absolute atomic E-state index is 12.5. The molecule has 0 aliphatic carbocycles. The van der Waals surface area contributed by atoms with E-state index in [-0.39, 0.29) is 5.69 Å². The van der Waals surface area contributed by atoms with Crippen LogP contribution in [-0.2, 0) is 0 Å². The van der Waals surface area contributed by atoms with Crippen LogP contribution in [0.4, 0.5) is 8.78 Å². The fourth-order valence-electron chi connectivity index (χ4n) is 1.24. The van der Waals surface area contributed by atoms with Crippen molar-refractivity contribution in [3.05, 3.63) is 29.7 Å². The van der Waals surface area contributed by atoms with Crippen LogP contribution in [0.25, 0.3) is 5.65 Å². The van der Waals surface area contributed by atoms with Crippen LogP contribution in [0.2, 0.25) is 0 Å². The van der Waals surface area contributed by atoms with Crippen LogP contribution in [0.3, 0.4) is 0 Å². The van der Waals surface area contributed by atoms with Crippen LogP contribution < -0.4 is 0 Å². The van der Waals surface area contributed by atoms with Gasteiger partial charge in [-0.3, -0.25) is 0 Å². The fourth-order valence-corrected chi connectivity index (χ4v) is 1.24. The van der Waals surface area contributed by atoms with Gasteiger partial charge in [-0.2, -0.15) is 5.10 Å². The Hall–Kier alpha value is -1.52. The molecule has 0 bridgehead atoms. The largest absolute Gasteiger partial charge is 0.280 e. The highest BCUT2D eigenvalue weighted by Crippen LogP contribution is 2.21. The first-order chi connectivity index (χ1) is 6.20. The number of nitrogens with zero attached hydrogens (tertiary/aromatic N) is 3. The topological polar surface area (TPSA) is 30.2 Å². The Kier molecular flexibility index (Phi) is 1.72. The summed E-state index contributed by atoms with van der Waals surface area (Å²) in [4.78, 5) is 3.95. The van der Waals surface area contributed by atoms with Gasteiger partial charge < -0.3 is 0 Å². The van der Waals surface area contributed by atoms with Gasteiger partial charge in [-0.1, -0.05) is 0 Å². The van der Waals surface area contributed by atoms with Crippen molar-refractivity contribution in [1.29, 1.82) is 0 Å². The number of hydrogen-bond acceptors (Lipinski definition) is 2. The van der Waals surface area contributed by atoms with E-state index in [0.717, 1.165) is 0 Å². The molecule has 13 heavy (non-hydrogen) atoms. The van der Waals surface area contributed by atoms with Crippen molar-refractivity contribution in [2.75, 3.05) is 0 Å². The molecule has 0 saturated carbocycles. The molecule has 0 radical (unpaired) electrons. The minimum Gasteiger partial charge on any atom is -0.237 e. The molecular weight excluding hydrogens is 176 g/mol. The Morgan fingerprint density at radius 1 is 1.46 bits per heavy atom. The Bertz CT molecular complexity index is 436. The molecule has 0 amide bonds. The van der Waals surface area contributed by atoms with Crippen LogP contribution >= 0.6 is 0 Å². The van der Waals surface area contributed by atoms with Crippen molar-refractivity contribution < 1.29 is 8.78 Å². The molecular formula is C8H7F2N3. The first kappa shape index (κ1) is 8.10. The van der Waals surface area contributed by atoms with Gasteiger partial charge in [0.05, 0.1) is 6.20 Å². The number of hydrogen-bond donors (Lipinski definition) is 0. The Labute approximate surface area is 73.0 Å². The molecule has 0 saturated heterocycles. The minimum absolute atomic E-state index is 0.0880. The second-order valence-corrected chi connectivity index (χ2v) is 2.73. The molecule has 2 rings (SSSR count). The monoisotopic (exact) mass is 183 g/mol. The Balaban J connectivity index is 2.80. The van der Waals surface area contributed by atoms with Gasteiger partial charge in [-0.05, 0) is 12.5 Å². The molecule has 2 aromatic rings. The molecule has 68 valence electrons. The summed E-state index contributed by atoms with van der Waals surface area (Å²) in [5, 5.41) is 3.77. The van der Waals surface area contributed by atoms with E-state index in [1.54, 1.807) is 13.0 Å². The lowest BCUT2D eigenvalue weighted by Gasteiger charge is -2.05. The van der Waals surface area contributed by atoms with Crippen molar-refractivity contribution in [3.63, 3.8) is 0 Å². The van der Waals surface area contributed by atoms with Crippen molar-refractivity contribution in [3.8, 4) is 0 Å². The molecule has 0 fully saturated rings. The zero-order valence-electron chi connectivity index (χ0n) is 6.91. The Morgan fingerprint density at radius 3 is 2.92 bits per heavy atom. The van der Waals surface area contributed by atoms with Crippen molar-refractivity contribution in [2.24, 2.45) is 0 Å². The van der Waals surface area contributed by atoms with Crippen molar-refractivity contribution in [1.82, 2.24) is 14.6 Å². The van der Waals surface area contributed by atoms with E-state index in [9.17, 15) is 8.78 Å². The summed E-state index contributed by atoms with van der Waals surface area (Å²) in [5.41, 5.74) is 0.808. The van der Waals surface area contributed by atoms with Crippen LogP contribution in [-0.4, -0.2) is 14.6 Å². The fraction of sp³-hybridized carbons (Fsp3) is 0.250. The smallest absolute Gasteiger partial charge is 0.237 e. The van der Waals surface area contributed by atoms with Gasteiger partial charge in [-0.15, -0.1) is 0 Å². The summed E-state index contributed by atoms with van der Waals surface area (Å²) in [7, 11) is 0. The third-order valence-electron chi connectivity index (χ3n) is 1.85. The number of aryl methyl sites for hydroxylation is 1. The molecule has 0 N–H and O–H groups in total. The Morgan fingerprint density at radius 2 is 2.23 bits per heavy atom. The maximum atomic E-state index is 12.5. The molecule has 0 unspecified atom stereocenters. The number of alkyl halides is 2. The van der Waals surface area contributed by atoms with E-state index in [1.165, 1.54) is 16.9 Å². The molecule has 0 aromatic carbocycles. The molecule has 2 heterocycles. The third kappa shape index (κ3) is 1.16. The van der Waals surface area contributed by atoms with E-state index in [0.29, 0.717) is 11.2 Å². The van der Waals surface area contributed by atoms with Crippen LogP contribution in [0.15, 0.2) is 18.5 Å². The maximum Gasteiger partial charge on any atom is 0.280 e. The number of fused-ring (bicyclic) bond motifs is 1. The van der Waals surface area contributed by atoms with Crippen LogP contribution in [0, 0.1) is 6.92 Å². The molecule has 0 atom stereocenters. The van der Waals surface area contributed by atoms with E-state index < -0.39 is 6.43 Å². The second kappa shape index (κ2) is 2.76. The standard InChI is InChI=1S/C8H7F2N3/c1-5-4-11-6-2-3-12-13(6)7(5)8(9)10/h2-4,8H,1H3. The second-order valence-electron chi connectivity index (χ2n) is 2.73. The summed E-state index contributed by atoms with van der Waals surface area (Å²) in [6, 6.07) is 1.59. The van der Waals surface area contributed by atoms with Gasteiger partial charge in [0.15, 0.2) is 5.65 Å². The molecule has 0 aliphatic rings. The first-order valence-corrected chi connectivity index (χ1v) is 3.77. The lowest BCUT2D eigenvalue weighted by atomic mass is 10.2. The predicted octanol–water partition coefficient (Wildman–Crippen LogP) is 1.98. The van der Waals surface area contributed by atoms with Crippen molar-refractivity contribution in [2.45, 2.75) is 13.3 Å². The van der Waals surface area contributed by atoms with Gasteiger partial charge in [0, 0.05) is 12.3 Å². The summed E-state index contributed by atoms with van der Waals surface area (Å²) >= 11 is 0. The van der Waals surface area contributed by atoms with Gasteiger partial charge in [0.2, 0.25) is 0 Å². The van der Waals surface area contributed by atoms with Gasteiger partial charge in [0.1, 0.15) is 5.69 Å². The number of halogens is 2. The molecule has 0 aliphatic heterocycles. The molecule has 2 aromatic heterocycles. The van der Waals surface area contributed by atoms with Gasteiger partial charge in [0.25, 0.3) is 6.43 Å². The quantitative estimate of drug-likeness (QED) is 0.676. The SMILES string of the molecule is Cc1cnc2ccnn2c1C(F)F. The minimum atomic E-state index is -2.52. The average Bonchev–Trinajstić information content (AvgIpc) is 2.50. The van der Waals surface area contributed by atoms with E-state index in [2.05, 4.69) is 10.1 Å². The number of aromatic nitrogens is 3. The first-order valence-electron chi connectivity index (χ1n) is 3.77.